The molecule has 0 aromatic carbocycles. The summed E-state index contributed by atoms with van der Waals surface area (Å²) in [5.41, 5.74) is 0.691. The number of rotatable bonds is 3. The first-order chi connectivity index (χ1) is 7.75. The molecule has 16 heavy (non-hydrogen) atoms. The third-order valence-electron chi connectivity index (χ3n) is 6.32. The van der Waals surface area contributed by atoms with Gasteiger partial charge in [-0.05, 0) is 67.6 Å². The van der Waals surface area contributed by atoms with Crippen molar-refractivity contribution in [3.05, 3.63) is 0 Å². The van der Waals surface area contributed by atoms with Crippen LogP contribution < -0.4 is 5.32 Å². The zero-order chi connectivity index (χ0) is 10.8. The Labute approximate surface area is 99.4 Å². The third-order valence-corrected chi connectivity index (χ3v) is 6.32. The first kappa shape index (κ1) is 9.94. The lowest BCUT2D eigenvalue weighted by atomic mass is 9.79. The molecular weight excluding hydrogens is 194 g/mol. The maximum atomic E-state index is 3.93. The van der Waals surface area contributed by atoms with E-state index in [4.69, 9.17) is 0 Å². The lowest BCUT2D eigenvalue weighted by Crippen LogP contribution is -2.41. The monoisotopic (exact) mass is 219 g/mol. The average molecular weight is 219 g/mol. The van der Waals surface area contributed by atoms with Gasteiger partial charge in [-0.15, -0.1) is 0 Å². The Morgan fingerprint density at radius 3 is 2.69 bits per heavy atom. The van der Waals surface area contributed by atoms with Gasteiger partial charge in [0.05, 0.1) is 0 Å². The highest BCUT2D eigenvalue weighted by Gasteiger charge is 2.53. The fourth-order valence-corrected chi connectivity index (χ4v) is 5.07. The number of nitrogens with one attached hydrogen (secondary N) is 1. The van der Waals surface area contributed by atoms with Crippen molar-refractivity contribution in [2.75, 3.05) is 6.54 Å². The average Bonchev–Trinajstić information content (AvgIpc) is 2.77. The third kappa shape index (κ3) is 1.40. The van der Waals surface area contributed by atoms with Crippen LogP contribution >= 0.6 is 0 Å². The summed E-state index contributed by atoms with van der Waals surface area (Å²) in [6.07, 6.45) is 10.7. The van der Waals surface area contributed by atoms with Gasteiger partial charge in [0.25, 0.3) is 0 Å². The Bertz CT molecular complexity index is 294. The van der Waals surface area contributed by atoms with Gasteiger partial charge in [-0.1, -0.05) is 13.3 Å². The van der Waals surface area contributed by atoms with Crippen LogP contribution in [-0.4, -0.2) is 12.6 Å². The van der Waals surface area contributed by atoms with E-state index in [-0.39, 0.29) is 0 Å². The van der Waals surface area contributed by atoms with Crippen molar-refractivity contribution in [2.24, 2.45) is 29.1 Å². The Kier molecular flexibility index (Phi) is 2.02. The topological polar surface area (TPSA) is 12.0 Å². The van der Waals surface area contributed by atoms with Crippen molar-refractivity contribution in [3.63, 3.8) is 0 Å². The molecule has 1 N–H and O–H groups in total. The number of hydrogen-bond acceptors (Lipinski definition) is 1. The molecule has 0 aromatic heterocycles. The molecule has 4 aliphatic rings. The maximum Gasteiger partial charge on any atom is 0.0101 e. The summed E-state index contributed by atoms with van der Waals surface area (Å²) < 4.78 is 0. The van der Waals surface area contributed by atoms with Gasteiger partial charge in [0.15, 0.2) is 0 Å². The molecule has 1 heteroatoms. The molecule has 1 nitrogen and oxygen atoms in total. The fourth-order valence-electron chi connectivity index (χ4n) is 5.07. The minimum Gasteiger partial charge on any atom is -0.313 e. The van der Waals surface area contributed by atoms with E-state index in [0.717, 1.165) is 29.7 Å². The van der Waals surface area contributed by atoms with E-state index in [1.165, 1.54) is 32.2 Å². The molecule has 4 rings (SSSR count). The van der Waals surface area contributed by atoms with Gasteiger partial charge in [0.1, 0.15) is 0 Å². The first-order valence-electron chi connectivity index (χ1n) is 7.49. The molecule has 5 atom stereocenters. The van der Waals surface area contributed by atoms with E-state index in [1.54, 1.807) is 19.3 Å². The van der Waals surface area contributed by atoms with Crippen molar-refractivity contribution >= 4 is 0 Å². The molecule has 0 spiro atoms. The summed E-state index contributed by atoms with van der Waals surface area (Å²) in [7, 11) is 0. The lowest BCUT2D eigenvalue weighted by molar-refractivity contribution is 0.203. The molecule has 0 aliphatic heterocycles. The molecular formula is C15H25N. The van der Waals surface area contributed by atoms with Crippen molar-refractivity contribution in [1.29, 1.82) is 0 Å². The maximum absolute atomic E-state index is 3.93. The van der Waals surface area contributed by atoms with Gasteiger partial charge in [-0.25, -0.2) is 0 Å². The summed E-state index contributed by atoms with van der Waals surface area (Å²) in [4.78, 5) is 0. The molecule has 0 saturated heterocycles. The molecule has 4 aliphatic carbocycles. The second-order valence-electron chi connectivity index (χ2n) is 7.45. The summed E-state index contributed by atoms with van der Waals surface area (Å²) in [6, 6.07) is 0.904. The molecule has 4 fully saturated rings. The second kappa shape index (κ2) is 3.25. The van der Waals surface area contributed by atoms with Gasteiger partial charge in [-0.2, -0.15) is 0 Å². The minimum atomic E-state index is 0.691. The highest BCUT2D eigenvalue weighted by atomic mass is 15.0. The molecule has 2 bridgehead atoms. The zero-order valence-corrected chi connectivity index (χ0v) is 10.5. The lowest BCUT2D eigenvalue weighted by Gasteiger charge is -2.33. The number of fused-ring (bicyclic) bond motifs is 5. The van der Waals surface area contributed by atoms with Gasteiger partial charge in [0, 0.05) is 12.6 Å². The van der Waals surface area contributed by atoms with Crippen molar-refractivity contribution in [1.82, 2.24) is 5.32 Å². The fraction of sp³-hybridized carbons (Fsp3) is 1.00. The standard InChI is InChI=1S/C15H25N/c1-15(5-6-15)9-16-14-8-10-7-13(14)12-4-2-3-11(10)12/h10-14,16H,2-9H2,1H3. The highest BCUT2D eigenvalue weighted by molar-refractivity contribution is 5.06. The predicted molar refractivity (Wildman–Crippen MR) is 66.2 cm³/mol. The molecule has 0 amide bonds. The first-order valence-corrected chi connectivity index (χ1v) is 7.49. The number of hydrogen-bond donors (Lipinski definition) is 1. The highest BCUT2D eigenvalue weighted by Crippen LogP contribution is 2.58. The van der Waals surface area contributed by atoms with E-state index < -0.39 is 0 Å². The van der Waals surface area contributed by atoms with Crippen LogP contribution in [-0.2, 0) is 0 Å². The predicted octanol–water partition coefficient (Wildman–Crippen LogP) is 3.20. The van der Waals surface area contributed by atoms with Crippen molar-refractivity contribution in [3.8, 4) is 0 Å². The van der Waals surface area contributed by atoms with Crippen molar-refractivity contribution < 1.29 is 0 Å². The molecule has 0 aromatic rings. The van der Waals surface area contributed by atoms with Gasteiger partial charge >= 0.3 is 0 Å². The smallest absolute Gasteiger partial charge is 0.0101 e. The Morgan fingerprint density at radius 2 is 1.88 bits per heavy atom. The summed E-state index contributed by atoms with van der Waals surface area (Å²) in [5.74, 6) is 4.46. The van der Waals surface area contributed by atoms with E-state index in [0.29, 0.717) is 5.41 Å². The van der Waals surface area contributed by atoms with E-state index in [2.05, 4.69) is 12.2 Å². The quantitative estimate of drug-likeness (QED) is 0.768. The summed E-state index contributed by atoms with van der Waals surface area (Å²) in [6.45, 7) is 3.75. The van der Waals surface area contributed by atoms with Gasteiger partial charge in [0.2, 0.25) is 0 Å². The zero-order valence-electron chi connectivity index (χ0n) is 10.5. The van der Waals surface area contributed by atoms with Crippen LogP contribution in [0.25, 0.3) is 0 Å². The Morgan fingerprint density at radius 1 is 1.06 bits per heavy atom. The van der Waals surface area contributed by atoms with Gasteiger partial charge < -0.3 is 5.32 Å². The molecule has 90 valence electrons. The van der Waals surface area contributed by atoms with Crippen LogP contribution in [0.15, 0.2) is 0 Å². The van der Waals surface area contributed by atoms with E-state index in [1.807, 2.05) is 0 Å². The van der Waals surface area contributed by atoms with Gasteiger partial charge in [-0.3, -0.25) is 0 Å². The second-order valence-corrected chi connectivity index (χ2v) is 7.45. The van der Waals surface area contributed by atoms with Crippen LogP contribution in [0.1, 0.15) is 51.9 Å². The Balaban J connectivity index is 1.40. The SMILES string of the molecule is CC1(CNC2CC3CC2C2CCCC32)CC1. The van der Waals surface area contributed by atoms with E-state index >= 15 is 0 Å². The van der Waals surface area contributed by atoms with E-state index in [9.17, 15) is 0 Å². The van der Waals surface area contributed by atoms with Crippen LogP contribution in [0.3, 0.4) is 0 Å². The molecule has 5 unspecified atom stereocenters. The summed E-state index contributed by atoms with van der Waals surface area (Å²) >= 11 is 0. The molecule has 0 heterocycles. The van der Waals surface area contributed by atoms with Crippen molar-refractivity contribution in [2.45, 2.75) is 57.9 Å². The van der Waals surface area contributed by atoms with Crippen LogP contribution in [0.2, 0.25) is 0 Å². The van der Waals surface area contributed by atoms with Crippen LogP contribution in [0.4, 0.5) is 0 Å². The van der Waals surface area contributed by atoms with Crippen LogP contribution in [0, 0.1) is 29.1 Å². The molecule has 0 radical (unpaired) electrons. The molecule has 4 saturated carbocycles. The summed E-state index contributed by atoms with van der Waals surface area (Å²) in [5, 5.41) is 3.93. The van der Waals surface area contributed by atoms with Crippen LogP contribution in [0.5, 0.6) is 0 Å². The largest absolute Gasteiger partial charge is 0.313 e. The minimum absolute atomic E-state index is 0.691. The Hall–Kier alpha value is -0.0400. The normalized spacial score (nSPS) is 51.9.